The highest BCUT2D eigenvalue weighted by atomic mass is 16.5. The number of benzene rings is 1. The fourth-order valence-electron chi connectivity index (χ4n) is 2.80. The minimum atomic E-state index is 0.225. The topological polar surface area (TPSA) is 32.7 Å². The van der Waals surface area contributed by atoms with Gasteiger partial charge >= 0.3 is 0 Å². The van der Waals surface area contributed by atoms with Crippen LogP contribution in [0.15, 0.2) is 18.2 Å². The molecule has 3 nitrogen and oxygen atoms in total. The lowest BCUT2D eigenvalue weighted by molar-refractivity contribution is 0.208. The third kappa shape index (κ3) is 2.96. The Morgan fingerprint density at radius 3 is 3.00 bits per heavy atom. The van der Waals surface area contributed by atoms with Gasteiger partial charge in [-0.2, -0.15) is 0 Å². The molecule has 1 fully saturated rings. The second kappa shape index (κ2) is 6.10. The van der Waals surface area contributed by atoms with E-state index in [-0.39, 0.29) is 5.75 Å². The van der Waals surface area contributed by atoms with E-state index in [0.29, 0.717) is 11.7 Å². The first-order chi connectivity index (χ1) is 8.74. The van der Waals surface area contributed by atoms with E-state index in [0.717, 1.165) is 6.54 Å². The molecule has 0 bridgehead atoms. The van der Waals surface area contributed by atoms with E-state index >= 15 is 0 Å². The predicted octanol–water partition coefficient (Wildman–Crippen LogP) is 2.99. The number of phenolic OH excluding ortho intramolecular Hbond substituents is 1. The van der Waals surface area contributed by atoms with Crippen LogP contribution < -0.4 is 4.74 Å². The first kappa shape index (κ1) is 13.2. The molecule has 3 heteroatoms. The Balaban J connectivity index is 2.10. The molecule has 100 valence electrons. The zero-order valence-corrected chi connectivity index (χ0v) is 11.4. The minimum Gasteiger partial charge on any atom is -0.504 e. The maximum atomic E-state index is 9.63. The van der Waals surface area contributed by atoms with Crippen LogP contribution in [0.5, 0.6) is 11.5 Å². The molecule has 0 aliphatic carbocycles. The van der Waals surface area contributed by atoms with E-state index < -0.39 is 0 Å². The molecule has 1 atom stereocenters. The van der Waals surface area contributed by atoms with Crippen LogP contribution in [0.4, 0.5) is 0 Å². The summed E-state index contributed by atoms with van der Waals surface area (Å²) in [6.07, 6.45) is 3.70. The molecule has 0 radical (unpaired) electrons. The number of aromatic hydroxyl groups is 1. The number of hydrogen-bond acceptors (Lipinski definition) is 3. The van der Waals surface area contributed by atoms with Crippen molar-refractivity contribution >= 4 is 0 Å². The van der Waals surface area contributed by atoms with E-state index in [1.165, 1.54) is 37.9 Å². The average molecular weight is 249 g/mol. The summed E-state index contributed by atoms with van der Waals surface area (Å²) in [6, 6.07) is 5.75. The monoisotopic (exact) mass is 249 g/mol. The highest BCUT2D eigenvalue weighted by molar-refractivity contribution is 5.43. The lowest BCUT2D eigenvalue weighted by Crippen LogP contribution is -2.34. The Kier molecular flexibility index (Phi) is 4.48. The summed E-state index contributed by atoms with van der Waals surface area (Å²) in [4.78, 5) is 2.54. The molecule has 1 aliphatic rings. The summed E-state index contributed by atoms with van der Waals surface area (Å²) in [5.41, 5.74) is 1.28. The zero-order valence-electron chi connectivity index (χ0n) is 11.4. The van der Waals surface area contributed by atoms with Crippen molar-refractivity contribution in [2.45, 2.75) is 32.1 Å². The molecular formula is C15H23NO2. The summed E-state index contributed by atoms with van der Waals surface area (Å²) in [6.45, 7) is 5.76. The molecule has 1 unspecified atom stereocenters. The average Bonchev–Trinajstić information content (AvgIpc) is 2.40. The van der Waals surface area contributed by atoms with Gasteiger partial charge in [-0.05, 0) is 56.0 Å². The summed E-state index contributed by atoms with van der Waals surface area (Å²) >= 11 is 0. The van der Waals surface area contributed by atoms with Crippen molar-refractivity contribution in [2.75, 3.05) is 26.7 Å². The van der Waals surface area contributed by atoms with Crippen molar-refractivity contribution < 1.29 is 9.84 Å². The van der Waals surface area contributed by atoms with Gasteiger partial charge in [-0.25, -0.2) is 0 Å². The van der Waals surface area contributed by atoms with Gasteiger partial charge in [-0.3, -0.25) is 0 Å². The van der Waals surface area contributed by atoms with Crippen LogP contribution in [0.3, 0.4) is 0 Å². The van der Waals surface area contributed by atoms with E-state index in [2.05, 4.69) is 11.8 Å². The molecular weight excluding hydrogens is 226 g/mol. The molecule has 1 heterocycles. The van der Waals surface area contributed by atoms with Crippen molar-refractivity contribution in [3.63, 3.8) is 0 Å². The number of piperidine rings is 1. The van der Waals surface area contributed by atoms with Crippen LogP contribution in [0.2, 0.25) is 0 Å². The molecule has 1 N–H and O–H groups in total. The number of methoxy groups -OCH3 is 1. The molecule has 0 saturated carbocycles. The van der Waals surface area contributed by atoms with E-state index in [9.17, 15) is 5.11 Å². The van der Waals surface area contributed by atoms with Gasteiger partial charge in [0.15, 0.2) is 11.5 Å². The largest absolute Gasteiger partial charge is 0.504 e. The normalized spacial score (nSPS) is 20.9. The first-order valence-electron chi connectivity index (χ1n) is 6.83. The summed E-state index contributed by atoms with van der Waals surface area (Å²) in [5, 5.41) is 9.63. The maximum Gasteiger partial charge on any atom is 0.160 e. The fraction of sp³-hybridized carbons (Fsp3) is 0.600. The van der Waals surface area contributed by atoms with Crippen LogP contribution in [0.1, 0.15) is 37.7 Å². The number of rotatable bonds is 4. The van der Waals surface area contributed by atoms with Crippen molar-refractivity contribution in [1.29, 1.82) is 0 Å². The Morgan fingerprint density at radius 2 is 2.28 bits per heavy atom. The van der Waals surface area contributed by atoms with Gasteiger partial charge in [0.2, 0.25) is 0 Å². The lowest BCUT2D eigenvalue weighted by atomic mass is 9.90. The molecule has 0 amide bonds. The number of ether oxygens (including phenoxy) is 1. The third-order valence-electron chi connectivity index (χ3n) is 3.72. The Hall–Kier alpha value is -1.22. The fourth-order valence-corrected chi connectivity index (χ4v) is 2.80. The third-order valence-corrected chi connectivity index (χ3v) is 3.72. The molecule has 18 heavy (non-hydrogen) atoms. The highest BCUT2D eigenvalue weighted by Crippen LogP contribution is 2.33. The van der Waals surface area contributed by atoms with Crippen LogP contribution in [-0.4, -0.2) is 36.8 Å². The van der Waals surface area contributed by atoms with Gasteiger partial charge in [-0.15, -0.1) is 0 Å². The van der Waals surface area contributed by atoms with Gasteiger partial charge in [-0.1, -0.05) is 13.0 Å². The number of phenols is 1. The van der Waals surface area contributed by atoms with E-state index in [1.807, 2.05) is 12.1 Å². The van der Waals surface area contributed by atoms with Gasteiger partial charge in [0.1, 0.15) is 0 Å². The summed E-state index contributed by atoms with van der Waals surface area (Å²) < 4.78 is 5.19. The first-order valence-corrected chi connectivity index (χ1v) is 6.83. The Morgan fingerprint density at radius 1 is 1.44 bits per heavy atom. The van der Waals surface area contributed by atoms with Crippen LogP contribution in [0, 0.1) is 0 Å². The smallest absolute Gasteiger partial charge is 0.160 e. The van der Waals surface area contributed by atoms with Gasteiger partial charge in [0.25, 0.3) is 0 Å². The van der Waals surface area contributed by atoms with Crippen molar-refractivity contribution in [3.8, 4) is 11.5 Å². The van der Waals surface area contributed by atoms with Gasteiger partial charge in [0, 0.05) is 6.54 Å². The minimum absolute atomic E-state index is 0.225. The van der Waals surface area contributed by atoms with Gasteiger partial charge in [0.05, 0.1) is 7.11 Å². The number of likely N-dealkylation sites (tertiary alicyclic amines) is 1. The number of nitrogens with zero attached hydrogens (tertiary/aromatic N) is 1. The van der Waals surface area contributed by atoms with E-state index in [1.54, 1.807) is 13.2 Å². The molecule has 0 aromatic heterocycles. The molecule has 1 aromatic rings. The van der Waals surface area contributed by atoms with Crippen LogP contribution in [0.25, 0.3) is 0 Å². The molecule has 2 rings (SSSR count). The Bertz CT molecular complexity index is 390. The summed E-state index contributed by atoms with van der Waals surface area (Å²) in [5.74, 6) is 1.38. The second-order valence-electron chi connectivity index (χ2n) is 5.07. The zero-order chi connectivity index (χ0) is 13.0. The Labute approximate surface area is 109 Å². The molecule has 1 aromatic carbocycles. The lowest BCUT2D eigenvalue weighted by Gasteiger charge is -2.32. The summed E-state index contributed by atoms with van der Waals surface area (Å²) in [7, 11) is 1.60. The van der Waals surface area contributed by atoms with E-state index in [4.69, 9.17) is 4.74 Å². The molecule has 1 aliphatic heterocycles. The molecule has 0 spiro atoms. The predicted molar refractivity (Wildman–Crippen MR) is 73.4 cm³/mol. The SMILES string of the molecule is CCCN1CCCC(c2ccc(O)c(OC)c2)C1. The van der Waals surface area contributed by atoms with Crippen LogP contribution >= 0.6 is 0 Å². The van der Waals surface area contributed by atoms with Crippen molar-refractivity contribution in [3.05, 3.63) is 23.8 Å². The highest BCUT2D eigenvalue weighted by Gasteiger charge is 2.21. The number of hydrogen-bond donors (Lipinski definition) is 1. The van der Waals surface area contributed by atoms with Crippen molar-refractivity contribution in [1.82, 2.24) is 4.90 Å². The maximum absolute atomic E-state index is 9.63. The van der Waals surface area contributed by atoms with Crippen LogP contribution in [-0.2, 0) is 0 Å². The molecule has 1 saturated heterocycles. The quantitative estimate of drug-likeness (QED) is 0.890. The van der Waals surface area contributed by atoms with Gasteiger partial charge < -0.3 is 14.7 Å². The standard InChI is InChI=1S/C15H23NO2/c1-3-8-16-9-4-5-13(11-16)12-6-7-14(17)15(10-12)18-2/h6-7,10,13,17H,3-5,8-9,11H2,1-2H3. The van der Waals surface area contributed by atoms with Crippen molar-refractivity contribution in [2.24, 2.45) is 0 Å². The second-order valence-corrected chi connectivity index (χ2v) is 5.07.